The molecule has 37 heavy (non-hydrogen) atoms. The number of ether oxygens (including phenoxy) is 2. The van der Waals surface area contributed by atoms with Crippen LogP contribution in [0.1, 0.15) is 23.5 Å². The summed E-state index contributed by atoms with van der Waals surface area (Å²) in [6.45, 7) is -0.547. The number of benzene rings is 3. The molecular weight excluding hydrogens is 474 g/mol. The average Bonchev–Trinajstić information content (AvgIpc) is 3.28. The molecule has 0 aromatic heterocycles. The van der Waals surface area contributed by atoms with Gasteiger partial charge in [-0.05, 0) is 23.3 Å². The van der Waals surface area contributed by atoms with Crippen LogP contribution < -0.4 is 15.5 Å². The van der Waals surface area contributed by atoms with Crippen molar-refractivity contribution in [2.24, 2.45) is 5.92 Å². The molecule has 3 aromatic carbocycles. The van der Waals surface area contributed by atoms with Crippen molar-refractivity contribution in [3.05, 3.63) is 96.1 Å². The molecule has 0 aliphatic carbocycles. The van der Waals surface area contributed by atoms with Gasteiger partial charge in [0.25, 0.3) is 11.8 Å². The Hall–Kier alpha value is -4.66. The first kappa shape index (κ1) is 25.4. The predicted octanol–water partition coefficient (Wildman–Crippen LogP) is 2.89. The van der Waals surface area contributed by atoms with Gasteiger partial charge in [-0.25, -0.2) is 0 Å². The van der Waals surface area contributed by atoms with Crippen LogP contribution in [0.5, 0.6) is 5.75 Å². The van der Waals surface area contributed by atoms with E-state index < -0.39 is 42.1 Å². The number of amides is 3. The van der Waals surface area contributed by atoms with Gasteiger partial charge in [0.2, 0.25) is 5.91 Å². The highest BCUT2D eigenvalue weighted by Crippen LogP contribution is 2.26. The Balaban J connectivity index is 1.33. The maximum atomic E-state index is 13.3. The highest BCUT2D eigenvalue weighted by Gasteiger charge is 2.37. The van der Waals surface area contributed by atoms with E-state index in [2.05, 4.69) is 10.7 Å². The van der Waals surface area contributed by atoms with E-state index in [0.29, 0.717) is 11.4 Å². The Kier molecular flexibility index (Phi) is 8.15. The largest absolute Gasteiger partial charge is 0.497 e. The van der Waals surface area contributed by atoms with Crippen molar-refractivity contribution in [3.8, 4) is 5.75 Å². The van der Waals surface area contributed by atoms with Gasteiger partial charge < -0.3 is 14.8 Å². The second-order valence-corrected chi connectivity index (χ2v) is 8.52. The predicted molar refractivity (Wildman–Crippen MR) is 135 cm³/mol. The number of hydrogen-bond acceptors (Lipinski definition) is 6. The fourth-order valence-electron chi connectivity index (χ4n) is 4.11. The van der Waals surface area contributed by atoms with E-state index in [-0.39, 0.29) is 13.0 Å². The number of hydrazine groups is 1. The molecule has 9 nitrogen and oxygen atoms in total. The van der Waals surface area contributed by atoms with E-state index in [1.807, 2.05) is 60.7 Å². The van der Waals surface area contributed by atoms with Crippen LogP contribution in [0.4, 0.5) is 5.69 Å². The summed E-state index contributed by atoms with van der Waals surface area (Å²) in [6, 6.07) is 25.2. The molecule has 1 saturated heterocycles. The summed E-state index contributed by atoms with van der Waals surface area (Å²) in [4.78, 5) is 50.6. The summed E-state index contributed by atoms with van der Waals surface area (Å²) < 4.78 is 10.2. The maximum Gasteiger partial charge on any atom is 0.311 e. The van der Waals surface area contributed by atoms with Gasteiger partial charge in [0.1, 0.15) is 5.75 Å². The molecule has 1 atom stereocenters. The van der Waals surface area contributed by atoms with Crippen molar-refractivity contribution >= 4 is 29.4 Å². The van der Waals surface area contributed by atoms with Crippen LogP contribution in [-0.4, -0.2) is 49.0 Å². The number of anilines is 1. The summed E-state index contributed by atoms with van der Waals surface area (Å²) in [5.41, 5.74) is 4.71. The van der Waals surface area contributed by atoms with E-state index in [1.165, 1.54) is 7.11 Å². The van der Waals surface area contributed by atoms with Crippen molar-refractivity contribution in [1.29, 1.82) is 0 Å². The molecule has 1 aliphatic rings. The third kappa shape index (κ3) is 6.52. The number of nitrogens with zero attached hydrogens (tertiary/aromatic N) is 1. The van der Waals surface area contributed by atoms with E-state index in [4.69, 9.17) is 9.47 Å². The quantitative estimate of drug-likeness (QED) is 0.436. The van der Waals surface area contributed by atoms with Gasteiger partial charge in [-0.2, -0.15) is 0 Å². The highest BCUT2D eigenvalue weighted by molar-refractivity contribution is 5.94. The molecule has 3 aromatic rings. The molecule has 3 amide bonds. The normalized spacial score (nSPS) is 14.8. The number of rotatable bonds is 9. The van der Waals surface area contributed by atoms with Crippen LogP contribution >= 0.6 is 0 Å². The van der Waals surface area contributed by atoms with E-state index >= 15 is 0 Å². The summed E-state index contributed by atoms with van der Waals surface area (Å²) in [6.07, 6.45) is -0.127. The molecule has 4 rings (SSSR count). The number of carbonyl (C=O) groups is 4. The Morgan fingerprint density at radius 2 is 1.59 bits per heavy atom. The first-order valence-corrected chi connectivity index (χ1v) is 11.8. The van der Waals surface area contributed by atoms with Crippen molar-refractivity contribution in [2.45, 2.75) is 12.3 Å². The number of hydrogen-bond donors (Lipinski definition) is 2. The molecule has 9 heteroatoms. The Morgan fingerprint density at radius 3 is 2.22 bits per heavy atom. The molecule has 2 N–H and O–H groups in total. The number of carbonyl (C=O) groups excluding carboxylic acids is 4. The highest BCUT2D eigenvalue weighted by atomic mass is 16.5. The molecule has 0 unspecified atom stereocenters. The zero-order valence-electron chi connectivity index (χ0n) is 20.3. The third-order valence-electron chi connectivity index (χ3n) is 5.93. The topological polar surface area (TPSA) is 114 Å². The molecule has 1 fully saturated rings. The van der Waals surface area contributed by atoms with Crippen LogP contribution in [0.15, 0.2) is 84.9 Å². The SMILES string of the molecule is COc1cccc(NC(=O)COC(=O)[C@H]2CC(=O)N(NC(=O)C(c3ccccc3)c3ccccc3)C2)c1. The minimum absolute atomic E-state index is 0.0444. The lowest BCUT2D eigenvalue weighted by molar-refractivity contribution is -0.151. The Morgan fingerprint density at radius 1 is 0.946 bits per heavy atom. The molecule has 0 radical (unpaired) electrons. The van der Waals surface area contributed by atoms with Gasteiger partial charge in [-0.15, -0.1) is 0 Å². The lowest BCUT2D eigenvalue weighted by atomic mass is 9.91. The maximum absolute atomic E-state index is 13.3. The second kappa shape index (κ2) is 11.9. The Labute approximate surface area is 214 Å². The van der Waals surface area contributed by atoms with Gasteiger partial charge in [-0.3, -0.25) is 29.6 Å². The molecule has 1 heterocycles. The van der Waals surface area contributed by atoms with Crippen molar-refractivity contribution in [3.63, 3.8) is 0 Å². The fraction of sp³-hybridized carbons (Fsp3) is 0.214. The van der Waals surface area contributed by atoms with Crippen LogP contribution in [0.2, 0.25) is 0 Å². The summed E-state index contributed by atoms with van der Waals surface area (Å²) in [5, 5.41) is 3.76. The second-order valence-electron chi connectivity index (χ2n) is 8.52. The van der Waals surface area contributed by atoms with Gasteiger partial charge >= 0.3 is 5.97 Å². The zero-order valence-corrected chi connectivity index (χ0v) is 20.3. The van der Waals surface area contributed by atoms with Crippen molar-refractivity contribution in [2.75, 3.05) is 25.6 Å². The summed E-state index contributed by atoms with van der Waals surface area (Å²) in [7, 11) is 1.51. The van der Waals surface area contributed by atoms with Gasteiger partial charge in [0.15, 0.2) is 6.61 Å². The van der Waals surface area contributed by atoms with E-state index in [9.17, 15) is 19.2 Å². The summed E-state index contributed by atoms with van der Waals surface area (Å²) in [5.74, 6) is -2.87. The molecule has 0 saturated carbocycles. The van der Waals surface area contributed by atoms with Gasteiger partial charge in [-0.1, -0.05) is 66.7 Å². The third-order valence-corrected chi connectivity index (χ3v) is 5.93. The Bertz CT molecular complexity index is 1230. The smallest absolute Gasteiger partial charge is 0.311 e. The van der Waals surface area contributed by atoms with Gasteiger partial charge in [0, 0.05) is 18.2 Å². The molecule has 0 bridgehead atoms. The van der Waals surface area contributed by atoms with Crippen molar-refractivity contribution < 1.29 is 28.7 Å². The van der Waals surface area contributed by atoms with Crippen LogP contribution in [-0.2, 0) is 23.9 Å². The lowest BCUT2D eigenvalue weighted by Gasteiger charge is -2.23. The zero-order chi connectivity index (χ0) is 26.2. The minimum Gasteiger partial charge on any atom is -0.497 e. The van der Waals surface area contributed by atoms with Crippen LogP contribution in [0, 0.1) is 5.92 Å². The van der Waals surface area contributed by atoms with Crippen LogP contribution in [0.25, 0.3) is 0 Å². The average molecular weight is 502 g/mol. The first-order valence-electron chi connectivity index (χ1n) is 11.8. The molecular formula is C28H27N3O6. The molecule has 1 aliphatic heterocycles. The van der Waals surface area contributed by atoms with Crippen LogP contribution in [0.3, 0.4) is 0 Å². The van der Waals surface area contributed by atoms with E-state index in [1.54, 1.807) is 24.3 Å². The monoisotopic (exact) mass is 501 g/mol. The lowest BCUT2D eigenvalue weighted by Crippen LogP contribution is -2.45. The minimum atomic E-state index is -0.802. The molecule has 190 valence electrons. The number of methoxy groups -OCH3 is 1. The van der Waals surface area contributed by atoms with E-state index in [0.717, 1.165) is 16.1 Å². The number of nitrogens with one attached hydrogen (secondary N) is 2. The van der Waals surface area contributed by atoms with Gasteiger partial charge in [0.05, 0.1) is 25.5 Å². The first-order chi connectivity index (χ1) is 17.9. The fourth-order valence-corrected chi connectivity index (χ4v) is 4.11. The summed E-state index contributed by atoms with van der Waals surface area (Å²) >= 11 is 0. The standard InChI is InChI=1S/C28H27N3O6/c1-36-23-14-8-13-22(16-23)29-24(32)18-37-28(35)21-15-25(33)31(17-21)30-27(34)26(19-9-4-2-5-10-19)20-11-6-3-7-12-20/h2-14,16,21,26H,15,17-18H2,1H3,(H,29,32)(H,30,34)/t21-/m0/s1. The molecule has 0 spiro atoms. The number of esters is 1. The van der Waals surface area contributed by atoms with Crippen molar-refractivity contribution in [1.82, 2.24) is 10.4 Å².